The van der Waals surface area contributed by atoms with E-state index in [0.717, 1.165) is 19.3 Å². The second-order valence-corrected chi connectivity index (χ2v) is 7.13. The highest BCUT2D eigenvalue weighted by Gasteiger charge is 2.32. The van der Waals surface area contributed by atoms with Crippen molar-refractivity contribution in [1.29, 1.82) is 0 Å². The fourth-order valence-electron chi connectivity index (χ4n) is 2.53. The van der Waals surface area contributed by atoms with Crippen molar-refractivity contribution < 1.29 is 8.42 Å². The van der Waals surface area contributed by atoms with Crippen molar-refractivity contribution in [2.45, 2.75) is 36.6 Å². The van der Waals surface area contributed by atoms with Crippen LogP contribution in [0.2, 0.25) is 5.02 Å². The minimum absolute atomic E-state index is 0. The van der Waals surface area contributed by atoms with Crippen LogP contribution in [0.25, 0.3) is 0 Å². The van der Waals surface area contributed by atoms with Crippen molar-refractivity contribution in [3.8, 4) is 0 Å². The van der Waals surface area contributed by atoms with E-state index in [4.69, 9.17) is 17.3 Å². The van der Waals surface area contributed by atoms with Gasteiger partial charge in [0.05, 0.1) is 4.90 Å². The SMILES string of the molecule is Cl.NCCC1CCCCN1S(=O)(=O)c1cccc(Cl)c1. The highest BCUT2D eigenvalue weighted by molar-refractivity contribution is 7.89. The van der Waals surface area contributed by atoms with Gasteiger partial charge in [-0.2, -0.15) is 4.31 Å². The first-order chi connectivity index (χ1) is 9.05. The summed E-state index contributed by atoms with van der Waals surface area (Å²) in [5.41, 5.74) is 5.59. The van der Waals surface area contributed by atoms with Crippen LogP contribution in [0.4, 0.5) is 0 Å². The van der Waals surface area contributed by atoms with Crippen molar-refractivity contribution in [1.82, 2.24) is 4.31 Å². The van der Waals surface area contributed by atoms with Gasteiger partial charge in [0.15, 0.2) is 0 Å². The zero-order chi connectivity index (χ0) is 13.9. The maximum absolute atomic E-state index is 12.7. The van der Waals surface area contributed by atoms with E-state index in [1.54, 1.807) is 22.5 Å². The lowest BCUT2D eigenvalue weighted by atomic mass is 10.0. The Morgan fingerprint density at radius 1 is 1.35 bits per heavy atom. The van der Waals surface area contributed by atoms with Crippen LogP contribution >= 0.6 is 24.0 Å². The molecule has 2 N–H and O–H groups in total. The van der Waals surface area contributed by atoms with E-state index in [2.05, 4.69) is 0 Å². The van der Waals surface area contributed by atoms with Crippen molar-refractivity contribution >= 4 is 34.0 Å². The average molecular weight is 339 g/mol. The summed E-state index contributed by atoms with van der Waals surface area (Å²) in [4.78, 5) is 0.268. The third-order valence-corrected chi connectivity index (χ3v) is 5.66. The predicted octanol–water partition coefficient (Wildman–Crippen LogP) is 2.65. The Labute approximate surface area is 131 Å². The lowest BCUT2D eigenvalue weighted by molar-refractivity contribution is 0.243. The number of sulfonamides is 1. The number of nitrogens with zero attached hydrogens (tertiary/aromatic N) is 1. The second-order valence-electron chi connectivity index (χ2n) is 4.80. The Morgan fingerprint density at radius 3 is 2.75 bits per heavy atom. The highest BCUT2D eigenvalue weighted by Crippen LogP contribution is 2.27. The fraction of sp³-hybridized carbons (Fsp3) is 0.538. The minimum atomic E-state index is -3.46. The van der Waals surface area contributed by atoms with Gasteiger partial charge in [0.25, 0.3) is 0 Å². The summed E-state index contributed by atoms with van der Waals surface area (Å²) in [7, 11) is -3.46. The molecule has 0 bridgehead atoms. The first-order valence-electron chi connectivity index (χ1n) is 6.53. The van der Waals surface area contributed by atoms with E-state index in [1.807, 2.05) is 0 Å². The minimum Gasteiger partial charge on any atom is -0.330 e. The zero-order valence-electron chi connectivity index (χ0n) is 11.2. The molecule has 1 unspecified atom stereocenters. The molecule has 1 atom stereocenters. The van der Waals surface area contributed by atoms with Crippen LogP contribution in [0.1, 0.15) is 25.7 Å². The lowest BCUT2D eigenvalue weighted by Crippen LogP contribution is -2.44. The van der Waals surface area contributed by atoms with Gasteiger partial charge in [0.2, 0.25) is 10.0 Å². The number of piperidine rings is 1. The van der Waals surface area contributed by atoms with E-state index in [1.165, 1.54) is 6.07 Å². The van der Waals surface area contributed by atoms with E-state index in [-0.39, 0.29) is 23.3 Å². The van der Waals surface area contributed by atoms with Crippen molar-refractivity contribution in [3.05, 3.63) is 29.3 Å². The molecule has 1 aromatic carbocycles. The number of nitrogens with two attached hydrogens (primary N) is 1. The molecule has 1 aliphatic rings. The van der Waals surface area contributed by atoms with Crippen LogP contribution in [0, 0.1) is 0 Å². The Hall–Kier alpha value is -0.330. The third kappa shape index (κ3) is 3.86. The van der Waals surface area contributed by atoms with Gasteiger partial charge in [0.1, 0.15) is 0 Å². The normalized spacial score (nSPS) is 20.4. The number of benzene rings is 1. The molecule has 114 valence electrons. The molecule has 1 fully saturated rings. The van der Waals surface area contributed by atoms with Gasteiger partial charge in [0, 0.05) is 17.6 Å². The molecule has 1 heterocycles. The van der Waals surface area contributed by atoms with Crippen molar-refractivity contribution in [2.75, 3.05) is 13.1 Å². The summed E-state index contributed by atoms with van der Waals surface area (Å²) in [6.07, 6.45) is 3.56. The van der Waals surface area contributed by atoms with Gasteiger partial charge in [-0.1, -0.05) is 24.1 Å². The molecule has 0 amide bonds. The summed E-state index contributed by atoms with van der Waals surface area (Å²) in [6.45, 7) is 1.08. The molecule has 20 heavy (non-hydrogen) atoms. The zero-order valence-corrected chi connectivity index (χ0v) is 13.6. The van der Waals surface area contributed by atoms with Crippen LogP contribution < -0.4 is 5.73 Å². The molecule has 0 aliphatic carbocycles. The van der Waals surface area contributed by atoms with E-state index < -0.39 is 10.0 Å². The molecule has 7 heteroatoms. The Kier molecular flexibility index (Phi) is 6.75. The smallest absolute Gasteiger partial charge is 0.243 e. The van der Waals surface area contributed by atoms with Gasteiger partial charge in [-0.25, -0.2) is 8.42 Å². The van der Waals surface area contributed by atoms with Crippen LogP contribution in [0.3, 0.4) is 0 Å². The number of hydrogen-bond acceptors (Lipinski definition) is 3. The van der Waals surface area contributed by atoms with E-state index in [0.29, 0.717) is 24.5 Å². The first-order valence-corrected chi connectivity index (χ1v) is 8.35. The van der Waals surface area contributed by atoms with Gasteiger partial charge >= 0.3 is 0 Å². The molecule has 1 saturated heterocycles. The average Bonchev–Trinajstić information content (AvgIpc) is 2.39. The molecule has 2 rings (SSSR count). The monoisotopic (exact) mass is 338 g/mol. The number of hydrogen-bond donors (Lipinski definition) is 1. The Bertz CT molecular complexity index is 535. The molecule has 0 radical (unpaired) electrons. The van der Waals surface area contributed by atoms with Crippen molar-refractivity contribution in [3.63, 3.8) is 0 Å². The molecular weight excluding hydrogens is 319 g/mol. The summed E-state index contributed by atoms with van der Waals surface area (Å²) in [5, 5.41) is 0.438. The first kappa shape index (κ1) is 17.7. The Balaban J connectivity index is 0.00000200. The summed E-state index contributed by atoms with van der Waals surface area (Å²) in [6, 6.07) is 6.45. The summed E-state index contributed by atoms with van der Waals surface area (Å²) < 4.78 is 26.9. The van der Waals surface area contributed by atoms with Crippen molar-refractivity contribution in [2.24, 2.45) is 5.73 Å². The fourth-order valence-corrected chi connectivity index (χ4v) is 4.56. The molecule has 1 aromatic rings. The Morgan fingerprint density at radius 2 is 2.10 bits per heavy atom. The number of halogens is 2. The van der Waals surface area contributed by atoms with Crippen LogP contribution in [0.5, 0.6) is 0 Å². The van der Waals surface area contributed by atoms with E-state index in [9.17, 15) is 8.42 Å². The molecule has 0 saturated carbocycles. The largest absolute Gasteiger partial charge is 0.330 e. The van der Waals surface area contributed by atoms with Gasteiger partial charge in [-0.05, 0) is 44.0 Å². The van der Waals surface area contributed by atoms with Crippen LogP contribution in [0.15, 0.2) is 29.2 Å². The molecule has 0 aromatic heterocycles. The molecule has 1 aliphatic heterocycles. The summed E-state index contributed by atoms with van der Waals surface area (Å²) >= 11 is 5.88. The maximum atomic E-state index is 12.7. The molecule has 0 spiro atoms. The quantitative estimate of drug-likeness (QED) is 0.917. The van der Waals surface area contributed by atoms with Gasteiger partial charge in [-0.15, -0.1) is 12.4 Å². The highest BCUT2D eigenvalue weighted by atomic mass is 35.5. The molecular formula is C13H20Cl2N2O2S. The second kappa shape index (κ2) is 7.61. The number of rotatable bonds is 4. The topological polar surface area (TPSA) is 63.4 Å². The predicted molar refractivity (Wildman–Crippen MR) is 83.9 cm³/mol. The molecule has 4 nitrogen and oxygen atoms in total. The standard InChI is InChI=1S/C13H19ClN2O2S.ClH/c14-11-4-3-6-13(10-11)19(17,18)16-9-2-1-5-12(16)7-8-15;/h3-4,6,10,12H,1-2,5,7-9,15H2;1H. The van der Waals surface area contributed by atoms with E-state index >= 15 is 0 Å². The summed E-state index contributed by atoms with van der Waals surface area (Å²) in [5.74, 6) is 0. The lowest BCUT2D eigenvalue weighted by Gasteiger charge is -2.34. The maximum Gasteiger partial charge on any atom is 0.243 e. The van der Waals surface area contributed by atoms with Gasteiger partial charge < -0.3 is 5.73 Å². The van der Waals surface area contributed by atoms with Crippen LogP contribution in [-0.4, -0.2) is 31.9 Å². The van der Waals surface area contributed by atoms with Gasteiger partial charge in [-0.3, -0.25) is 0 Å². The van der Waals surface area contributed by atoms with Crippen LogP contribution in [-0.2, 0) is 10.0 Å². The third-order valence-electron chi connectivity index (χ3n) is 3.48.